The molecule has 0 aromatic heterocycles. The summed E-state index contributed by atoms with van der Waals surface area (Å²) in [6.45, 7) is 7.29. The normalized spacial score (nSPS) is 14.0. The molecule has 34 heavy (non-hydrogen) atoms. The second kappa shape index (κ2) is 10.7. The maximum Gasteiger partial charge on any atom is 0.363 e. The van der Waals surface area contributed by atoms with Crippen LogP contribution in [-0.4, -0.2) is 31.7 Å². The molecule has 0 bridgehead atoms. The molecule has 1 heterocycles. The SMILES string of the molecule is CCOc1cc(/C=C2\N=C(c3ccccc3)OC2=O)ccc1OCCOc1ccc(C)c(C)c1. The zero-order valence-electron chi connectivity index (χ0n) is 19.5. The smallest absolute Gasteiger partial charge is 0.363 e. The van der Waals surface area contributed by atoms with Crippen LogP contribution in [0.2, 0.25) is 0 Å². The van der Waals surface area contributed by atoms with Crippen molar-refractivity contribution in [3.63, 3.8) is 0 Å². The highest BCUT2D eigenvalue weighted by molar-refractivity contribution is 6.12. The van der Waals surface area contributed by atoms with Gasteiger partial charge in [-0.1, -0.05) is 30.3 Å². The summed E-state index contributed by atoms with van der Waals surface area (Å²) in [4.78, 5) is 16.6. The van der Waals surface area contributed by atoms with E-state index >= 15 is 0 Å². The number of carbonyl (C=O) groups excluding carboxylic acids is 1. The molecule has 4 rings (SSSR count). The van der Waals surface area contributed by atoms with Crippen molar-refractivity contribution in [2.75, 3.05) is 19.8 Å². The van der Waals surface area contributed by atoms with Crippen LogP contribution in [0.3, 0.4) is 0 Å². The van der Waals surface area contributed by atoms with Gasteiger partial charge in [0.15, 0.2) is 17.2 Å². The highest BCUT2D eigenvalue weighted by Crippen LogP contribution is 2.30. The van der Waals surface area contributed by atoms with Gasteiger partial charge in [-0.25, -0.2) is 9.79 Å². The minimum Gasteiger partial charge on any atom is -0.490 e. The molecule has 0 atom stereocenters. The lowest BCUT2D eigenvalue weighted by molar-refractivity contribution is -0.129. The summed E-state index contributed by atoms with van der Waals surface area (Å²) in [7, 11) is 0. The summed E-state index contributed by atoms with van der Waals surface area (Å²) in [6, 6.07) is 20.8. The van der Waals surface area contributed by atoms with Crippen LogP contribution in [-0.2, 0) is 9.53 Å². The minimum absolute atomic E-state index is 0.233. The monoisotopic (exact) mass is 457 g/mol. The third-order valence-corrected chi connectivity index (χ3v) is 5.30. The average molecular weight is 458 g/mol. The van der Waals surface area contributed by atoms with Crippen LogP contribution in [0.1, 0.15) is 29.2 Å². The molecule has 3 aromatic carbocycles. The van der Waals surface area contributed by atoms with Crippen molar-refractivity contribution in [3.8, 4) is 17.2 Å². The Morgan fingerprint density at radius 1 is 0.853 bits per heavy atom. The van der Waals surface area contributed by atoms with Crippen LogP contribution in [0.25, 0.3) is 6.08 Å². The van der Waals surface area contributed by atoms with Crippen molar-refractivity contribution in [3.05, 3.63) is 94.7 Å². The van der Waals surface area contributed by atoms with E-state index in [4.69, 9.17) is 18.9 Å². The fraction of sp³-hybridized carbons (Fsp3) is 0.214. The van der Waals surface area contributed by atoms with Gasteiger partial charge in [0.2, 0.25) is 5.90 Å². The quantitative estimate of drug-likeness (QED) is 0.241. The number of rotatable bonds is 9. The Kier molecular flexibility index (Phi) is 7.28. The first-order chi connectivity index (χ1) is 16.5. The summed E-state index contributed by atoms with van der Waals surface area (Å²) in [6.07, 6.45) is 1.67. The molecular formula is C28H27NO5. The van der Waals surface area contributed by atoms with Crippen molar-refractivity contribution < 1.29 is 23.7 Å². The molecule has 174 valence electrons. The van der Waals surface area contributed by atoms with Gasteiger partial charge in [0.25, 0.3) is 0 Å². The molecule has 0 saturated carbocycles. The maximum absolute atomic E-state index is 12.3. The first kappa shape index (κ1) is 23.1. The number of cyclic esters (lactones) is 1. The highest BCUT2D eigenvalue weighted by Gasteiger charge is 2.24. The van der Waals surface area contributed by atoms with E-state index < -0.39 is 5.97 Å². The molecule has 0 radical (unpaired) electrons. The molecule has 0 aliphatic carbocycles. The topological polar surface area (TPSA) is 66.4 Å². The second-order valence-corrected chi connectivity index (χ2v) is 7.78. The van der Waals surface area contributed by atoms with E-state index in [0.29, 0.717) is 37.2 Å². The number of aryl methyl sites for hydroxylation is 2. The molecule has 0 unspecified atom stereocenters. The number of hydrogen-bond acceptors (Lipinski definition) is 6. The molecular weight excluding hydrogens is 430 g/mol. The third kappa shape index (κ3) is 5.64. The predicted molar refractivity (Wildman–Crippen MR) is 132 cm³/mol. The number of aliphatic imine (C=N–C) groups is 1. The van der Waals surface area contributed by atoms with E-state index in [9.17, 15) is 4.79 Å². The molecule has 6 heteroatoms. The van der Waals surface area contributed by atoms with Crippen LogP contribution >= 0.6 is 0 Å². The van der Waals surface area contributed by atoms with E-state index in [1.807, 2.05) is 73.7 Å². The Labute approximate surface area is 199 Å². The summed E-state index contributed by atoms with van der Waals surface area (Å²) in [5.41, 5.74) is 4.16. The van der Waals surface area contributed by atoms with Gasteiger partial charge in [-0.05, 0) is 79.9 Å². The number of hydrogen-bond donors (Lipinski definition) is 0. The van der Waals surface area contributed by atoms with Gasteiger partial charge in [0.1, 0.15) is 19.0 Å². The Balaban J connectivity index is 1.43. The molecule has 1 aliphatic heterocycles. The lowest BCUT2D eigenvalue weighted by Gasteiger charge is -2.13. The summed E-state index contributed by atoms with van der Waals surface area (Å²) < 4.78 is 22.8. The zero-order valence-corrected chi connectivity index (χ0v) is 19.5. The van der Waals surface area contributed by atoms with E-state index in [1.165, 1.54) is 11.1 Å². The van der Waals surface area contributed by atoms with Crippen molar-refractivity contribution in [1.29, 1.82) is 0 Å². The fourth-order valence-electron chi connectivity index (χ4n) is 3.39. The first-order valence-electron chi connectivity index (χ1n) is 11.2. The summed E-state index contributed by atoms with van der Waals surface area (Å²) in [5.74, 6) is 1.82. The number of ether oxygens (including phenoxy) is 4. The molecule has 0 amide bonds. The molecule has 3 aromatic rings. The average Bonchev–Trinajstić information content (AvgIpc) is 3.21. The van der Waals surface area contributed by atoms with E-state index in [0.717, 1.165) is 16.9 Å². The Morgan fingerprint density at radius 2 is 1.65 bits per heavy atom. The predicted octanol–water partition coefficient (Wildman–Crippen LogP) is 5.50. The largest absolute Gasteiger partial charge is 0.490 e. The maximum atomic E-state index is 12.3. The van der Waals surface area contributed by atoms with Crippen molar-refractivity contribution in [2.45, 2.75) is 20.8 Å². The van der Waals surface area contributed by atoms with Gasteiger partial charge >= 0.3 is 5.97 Å². The summed E-state index contributed by atoms with van der Waals surface area (Å²) >= 11 is 0. The fourth-order valence-corrected chi connectivity index (χ4v) is 3.39. The van der Waals surface area contributed by atoms with Gasteiger partial charge < -0.3 is 18.9 Å². The van der Waals surface area contributed by atoms with E-state index in [-0.39, 0.29) is 5.70 Å². The zero-order chi connectivity index (χ0) is 23.9. The van der Waals surface area contributed by atoms with Crippen LogP contribution in [0, 0.1) is 13.8 Å². The highest BCUT2D eigenvalue weighted by atomic mass is 16.6. The number of benzene rings is 3. The molecule has 0 spiro atoms. The molecule has 1 aliphatic rings. The van der Waals surface area contributed by atoms with E-state index in [1.54, 1.807) is 6.08 Å². The molecule has 0 fully saturated rings. The van der Waals surface area contributed by atoms with Crippen LogP contribution in [0.15, 0.2) is 77.4 Å². The van der Waals surface area contributed by atoms with Gasteiger partial charge in [-0.3, -0.25) is 0 Å². The van der Waals surface area contributed by atoms with Crippen LogP contribution in [0.5, 0.6) is 17.2 Å². The second-order valence-electron chi connectivity index (χ2n) is 7.78. The van der Waals surface area contributed by atoms with Gasteiger partial charge in [-0.2, -0.15) is 0 Å². The lowest BCUT2D eigenvalue weighted by Crippen LogP contribution is -2.10. The van der Waals surface area contributed by atoms with Gasteiger partial charge in [0, 0.05) is 5.56 Å². The standard InChI is InChI=1S/C28H27NO5/c1-4-31-26-18-21(17-24-28(30)34-27(29-24)22-8-6-5-7-9-22)11-13-25(26)33-15-14-32-23-12-10-19(2)20(3)16-23/h5-13,16-18H,4,14-15H2,1-3H3/b24-17-. The van der Waals surface area contributed by atoms with E-state index in [2.05, 4.69) is 18.8 Å². The van der Waals surface area contributed by atoms with Gasteiger partial charge in [-0.15, -0.1) is 0 Å². The first-order valence-corrected chi connectivity index (χ1v) is 11.2. The van der Waals surface area contributed by atoms with Crippen molar-refractivity contribution in [2.24, 2.45) is 4.99 Å². The van der Waals surface area contributed by atoms with Crippen molar-refractivity contribution >= 4 is 17.9 Å². The third-order valence-electron chi connectivity index (χ3n) is 5.30. The molecule has 0 saturated heterocycles. The number of nitrogens with zero attached hydrogens (tertiary/aromatic N) is 1. The van der Waals surface area contributed by atoms with Crippen LogP contribution < -0.4 is 14.2 Å². The van der Waals surface area contributed by atoms with Crippen LogP contribution in [0.4, 0.5) is 0 Å². The van der Waals surface area contributed by atoms with Gasteiger partial charge in [0.05, 0.1) is 6.61 Å². The van der Waals surface area contributed by atoms with Crippen molar-refractivity contribution in [1.82, 2.24) is 0 Å². The molecule has 0 N–H and O–H groups in total. The number of carbonyl (C=O) groups is 1. The molecule has 6 nitrogen and oxygen atoms in total. The Hall–Kier alpha value is -4.06. The Bertz CT molecular complexity index is 1230. The summed E-state index contributed by atoms with van der Waals surface area (Å²) in [5, 5.41) is 0. The lowest BCUT2D eigenvalue weighted by atomic mass is 10.1. The minimum atomic E-state index is -0.486. The Morgan fingerprint density at radius 3 is 2.41 bits per heavy atom. The number of esters is 1.